The van der Waals surface area contributed by atoms with Crippen LogP contribution in [-0.2, 0) is 4.79 Å². The lowest BCUT2D eigenvalue weighted by Crippen LogP contribution is -2.22. The zero-order valence-electron chi connectivity index (χ0n) is 8.82. The summed E-state index contributed by atoms with van der Waals surface area (Å²) in [5.74, 6) is -0.351. The summed E-state index contributed by atoms with van der Waals surface area (Å²) in [4.78, 5) is 11.5. The van der Waals surface area contributed by atoms with Crippen LogP contribution >= 0.6 is 0 Å². The molecular weight excluding hydrogens is 176 g/mol. The van der Waals surface area contributed by atoms with Gasteiger partial charge in [0.25, 0.3) is 0 Å². The number of aryl methyl sites for hydroxylation is 1. The lowest BCUT2D eigenvalue weighted by molar-refractivity contribution is -0.127. The van der Waals surface area contributed by atoms with E-state index in [1.54, 1.807) is 0 Å². The van der Waals surface area contributed by atoms with E-state index in [0.29, 0.717) is 0 Å². The van der Waals surface area contributed by atoms with Crippen molar-refractivity contribution in [1.29, 1.82) is 0 Å². The predicted molar refractivity (Wildman–Crippen MR) is 56.3 cm³/mol. The third kappa shape index (κ3) is 2.20. The summed E-state index contributed by atoms with van der Waals surface area (Å²) >= 11 is 0. The highest BCUT2D eigenvalue weighted by Crippen LogP contribution is 2.20. The van der Waals surface area contributed by atoms with Crippen molar-refractivity contribution in [3.8, 4) is 0 Å². The summed E-state index contributed by atoms with van der Waals surface area (Å²) in [5, 5.41) is 9.19. The molecule has 2 heteroatoms. The fourth-order valence-electron chi connectivity index (χ4n) is 1.59. The van der Waals surface area contributed by atoms with Crippen LogP contribution < -0.4 is 0 Å². The van der Waals surface area contributed by atoms with Crippen molar-refractivity contribution in [2.24, 2.45) is 0 Å². The molecular formula is C12H16O2. The summed E-state index contributed by atoms with van der Waals surface area (Å²) in [7, 11) is 0. The van der Waals surface area contributed by atoms with E-state index in [1.165, 1.54) is 6.92 Å². The molecule has 2 nitrogen and oxygen atoms in total. The smallest absolute Gasteiger partial charge is 0.168 e. The van der Waals surface area contributed by atoms with E-state index < -0.39 is 6.10 Å². The first kappa shape index (κ1) is 10.9. The summed E-state index contributed by atoms with van der Waals surface area (Å²) < 4.78 is 0. The minimum Gasteiger partial charge on any atom is -0.386 e. The predicted octanol–water partition coefficient (Wildman–Crippen LogP) is 2.05. The average Bonchev–Trinajstić information content (AvgIpc) is 2.16. The number of rotatable bonds is 3. The van der Waals surface area contributed by atoms with Crippen LogP contribution in [-0.4, -0.2) is 17.0 Å². The molecule has 2 unspecified atom stereocenters. The number of carbonyl (C=O) groups excluding carboxylic acids is 1. The third-order valence-electron chi connectivity index (χ3n) is 2.49. The highest BCUT2D eigenvalue weighted by molar-refractivity contribution is 5.89. The molecule has 0 aliphatic rings. The number of ketones is 1. The molecule has 14 heavy (non-hydrogen) atoms. The van der Waals surface area contributed by atoms with Gasteiger partial charge in [0.1, 0.15) is 6.10 Å². The molecule has 0 heterocycles. The van der Waals surface area contributed by atoms with Crippen LogP contribution in [0.5, 0.6) is 0 Å². The third-order valence-corrected chi connectivity index (χ3v) is 2.49. The van der Waals surface area contributed by atoms with E-state index in [4.69, 9.17) is 0 Å². The summed E-state index contributed by atoms with van der Waals surface area (Å²) in [6.07, 6.45) is -0.885. The van der Waals surface area contributed by atoms with Gasteiger partial charge in [-0.3, -0.25) is 4.79 Å². The van der Waals surface area contributed by atoms with Crippen LogP contribution in [0.1, 0.15) is 30.9 Å². The molecule has 0 aliphatic heterocycles. The van der Waals surface area contributed by atoms with Gasteiger partial charge in [-0.05, 0) is 25.0 Å². The Morgan fingerprint density at radius 2 is 1.86 bits per heavy atom. The monoisotopic (exact) mass is 192 g/mol. The zero-order valence-corrected chi connectivity index (χ0v) is 8.82. The normalized spacial score (nSPS) is 14.9. The zero-order chi connectivity index (χ0) is 10.7. The van der Waals surface area contributed by atoms with Gasteiger partial charge in [-0.1, -0.05) is 31.2 Å². The second-order valence-corrected chi connectivity index (χ2v) is 3.66. The van der Waals surface area contributed by atoms with Crippen molar-refractivity contribution in [2.45, 2.75) is 32.8 Å². The molecule has 0 amide bonds. The number of aliphatic hydroxyl groups is 1. The Morgan fingerprint density at radius 3 is 2.36 bits per heavy atom. The Labute approximate surface area is 84.6 Å². The number of benzene rings is 1. The molecule has 0 radical (unpaired) electrons. The van der Waals surface area contributed by atoms with Crippen molar-refractivity contribution >= 4 is 5.78 Å². The number of hydrogen-bond donors (Lipinski definition) is 1. The van der Waals surface area contributed by atoms with E-state index in [0.717, 1.165) is 11.1 Å². The Bertz CT molecular complexity index is 329. The van der Waals surface area contributed by atoms with Crippen molar-refractivity contribution in [1.82, 2.24) is 0 Å². The minimum absolute atomic E-state index is 0.126. The van der Waals surface area contributed by atoms with Gasteiger partial charge in [0.05, 0.1) is 0 Å². The van der Waals surface area contributed by atoms with E-state index in [9.17, 15) is 9.90 Å². The largest absolute Gasteiger partial charge is 0.386 e. The first-order valence-corrected chi connectivity index (χ1v) is 4.81. The maximum absolute atomic E-state index is 11.5. The number of hydrogen-bond acceptors (Lipinski definition) is 2. The van der Waals surface area contributed by atoms with Crippen LogP contribution in [0.3, 0.4) is 0 Å². The Balaban J connectivity index is 2.95. The maximum Gasteiger partial charge on any atom is 0.168 e. The lowest BCUT2D eigenvalue weighted by atomic mass is 9.91. The second kappa shape index (κ2) is 4.38. The fourth-order valence-corrected chi connectivity index (χ4v) is 1.59. The topological polar surface area (TPSA) is 37.3 Å². The lowest BCUT2D eigenvalue weighted by Gasteiger charge is -2.14. The summed E-state index contributed by atoms with van der Waals surface area (Å²) in [6, 6.07) is 7.76. The van der Waals surface area contributed by atoms with E-state index >= 15 is 0 Å². The standard InChI is InChI=1S/C12H16O2/c1-8-6-4-5-7-11(8)9(2)12(14)10(3)13/h4-7,9-10,13H,1-3H3. The molecule has 0 saturated heterocycles. The molecule has 0 saturated carbocycles. The number of Topliss-reactive ketones (excluding diaryl/α,β-unsaturated/α-hetero) is 1. The molecule has 0 fully saturated rings. The van der Waals surface area contributed by atoms with Gasteiger partial charge in [0.15, 0.2) is 5.78 Å². The second-order valence-electron chi connectivity index (χ2n) is 3.66. The van der Waals surface area contributed by atoms with Gasteiger partial charge < -0.3 is 5.11 Å². The highest BCUT2D eigenvalue weighted by Gasteiger charge is 2.20. The first-order chi connectivity index (χ1) is 6.54. The molecule has 1 N–H and O–H groups in total. The maximum atomic E-state index is 11.5. The van der Waals surface area contributed by atoms with Gasteiger partial charge >= 0.3 is 0 Å². The average molecular weight is 192 g/mol. The molecule has 0 aliphatic carbocycles. The van der Waals surface area contributed by atoms with E-state index in [-0.39, 0.29) is 11.7 Å². The van der Waals surface area contributed by atoms with Crippen LogP contribution in [0.15, 0.2) is 24.3 Å². The van der Waals surface area contributed by atoms with Crippen molar-refractivity contribution in [3.05, 3.63) is 35.4 Å². The molecule has 1 rings (SSSR count). The molecule has 76 valence electrons. The molecule has 0 bridgehead atoms. The van der Waals surface area contributed by atoms with Gasteiger partial charge in [-0.25, -0.2) is 0 Å². The summed E-state index contributed by atoms with van der Waals surface area (Å²) in [5.41, 5.74) is 2.09. The van der Waals surface area contributed by atoms with Crippen molar-refractivity contribution < 1.29 is 9.90 Å². The molecule has 0 spiro atoms. The quantitative estimate of drug-likeness (QED) is 0.795. The summed E-state index contributed by atoms with van der Waals surface area (Å²) in [6.45, 7) is 5.32. The molecule has 0 aromatic heterocycles. The van der Waals surface area contributed by atoms with Crippen molar-refractivity contribution in [2.75, 3.05) is 0 Å². The highest BCUT2D eigenvalue weighted by atomic mass is 16.3. The number of carbonyl (C=O) groups is 1. The van der Waals surface area contributed by atoms with Gasteiger partial charge in [0, 0.05) is 5.92 Å². The molecule has 1 aromatic rings. The minimum atomic E-state index is -0.885. The van der Waals surface area contributed by atoms with Crippen LogP contribution in [0.4, 0.5) is 0 Å². The van der Waals surface area contributed by atoms with Gasteiger partial charge in [-0.2, -0.15) is 0 Å². The SMILES string of the molecule is Cc1ccccc1C(C)C(=O)C(C)O. The van der Waals surface area contributed by atoms with E-state index in [1.807, 2.05) is 38.1 Å². The van der Waals surface area contributed by atoms with E-state index in [2.05, 4.69) is 0 Å². The van der Waals surface area contributed by atoms with Crippen molar-refractivity contribution in [3.63, 3.8) is 0 Å². The molecule has 1 aromatic carbocycles. The molecule has 2 atom stereocenters. The Morgan fingerprint density at radius 1 is 1.29 bits per heavy atom. The number of aliphatic hydroxyl groups excluding tert-OH is 1. The Kier molecular flexibility index (Phi) is 3.42. The van der Waals surface area contributed by atoms with Crippen LogP contribution in [0.2, 0.25) is 0 Å². The van der Waals surface area contributed by atoms with Crippen LogP contribution in [0.25, 0.3) is 0 Å². The van der Waals surface area contributed by atoms with Gasteiger partial charge in [0.2, 0.25) is 0 Å². The fraction of sp³-hybridized carbons (Fsp3) is 0.417. The first-order valence-electron chi connectivity index (χ1n) is 4.81. The Hall–Kier alpha value is -1.15. The van der Waals surface area contributed by atoms with Gasteiger partial charge in [-0.15, -0.1) is 0 Å². The van der Waals surface area contributed by atoms with Crippen LogP contribution in [0, 0.1) is 6.92 Å².